The quantitative estimate of drug-likeness (QED) is 0.902. The van der Waals surface area contributed by atoms with Crippen molar-refractivity contribution < 1.29 is 17.9 Å². The SMILES string of the molecule is Cc1c(F)cc(CO)cc1S(=O)(=O)N1CCCN(C)CC1. The Hall–Kier alpha value is -1.02. The summed E-state index contributed by atoms with van der Waals surface area (Å²) in [5.74, 6) is -0.605. The summed E-state index contributed by atoms with van der Waals surface area (Å²) in [6.07, 6.45) is 0.747. The van der Waals surface area contributed by atoms with Crippen molar-refractivity contribution in [2.75, 3.05) is 33.2 Å². The molecule has 1 N–H and O–H groups in total. The highest BCUT2D eigenvalue weighted by Gasteiger charge is 2.28. The Balaban J connectivity index is 2.41. The van der Waals surface area contributed by atoms with Crippen LogP contribution in [-0.2, 0) is 16.6 Å². The number of aliphatic hydroxyl groups excluding tert-OH is 1. The minimum atomic E-state index is -3.74. The van der Waals surface area contributed by atoms with Gasteiger partial charge >= 0.3 is 0 Å². The van der Waals surface area contributed by atoms with Crippen LogP contribution in [0.1, 0.15) is 17.5 Å². The number of aliphatic hydroxyl groups is 1. The minimum absolute atomic E-state index is 0.0453. The number of likely N-dealkylation sites (N-methyl/N-ethyl adjacent to an activating group) is 1. The maximum Gasteiger partial charge on any atom is 0.243 e. The number of benzene rings is 1. The van der Waals surface area contributed by atoms with Gasteiger partial charge in [-0.05, 0) is 44.6 Å². The third-order valence-corrected chi connectivity index (χ3v) is 5.86. The number of rotatable bonds is 3. The molecule has 1 aliphatic rings. The van der Waals surface area contributed by atoms with Crippen LogP contribution in [0.5, 0.6) is 0 Å². The normalized spacial score (nSPS) is 18.7. The third-order valence-electron chi connectivity index (χ3n) is 3.84. The van der Waals surface area contributed by atoms with E-state index in [1.165, 1.54) is 23.4 Å². The molecule has 1 aromatic carbocycles. The molecule has 0 aromatic heterocycles. The van der Waals surface area contributed by atoms with Crippen molar-refractivity contribution in [3.05, 3.63) is 29.1 Å². The second-order valence-electron chi connectivity index (χ2n) is 5.42. The zero-order valence-corrected chi connectivity index (χ0v) is 13.2. The van der Waals surface area contributed by atoms with Crippen LogP contribution >= 0.6 is 0 Å². The van der Waals surface area contributed by atoms with Crippen molar-refractivity contribution in [2.45, 2.75) is 24.8 Å². The molecule has 21 heavy (non-hydrogen) atoms. The predicted molar refractivity (Wildman–Crippen MR) is 77.9 cm³/mol. The van der Waals surface area contributed by atoms with Crippen molar-refractivity contribution in [3.63, 3.8) is 0 Å². The highest BCUT2D eigenvalue weighted by Crippen LogP contribution is 2.24. The van der Waals surface area contributed by atoms with Crippen LogP contribution in [0, 0.1) is 12.7 Å². The van der Waals surface area contributed by atoms with E-state index in [0.29, 0.717) is 19.6 Å². The topological polar surface area (TPSA) is 60.9 Å². The molecule has 0 amide bonds. The Morgan fingerprint density at radius 3 is 2.62 bits per heavy atom. The van der Waals surface area contributed by atoms with Gasteiger partial charge in [-0.25, -0.2) is 12.8 Å². The molecular weight excluding hydrogens is 295 g/mol. The molecule has 2 rings (SSSR count). The molecule has 0 spiro atoms. The fourth-order valence-corrected chi connectivity index (χ4v) is 4.22. The summed E-state index contributed by atoms with van der Waals surface area (Å²) < 4.78 is 40.8. The van der Waals surface area contributed by atoms with Gasteiger partial charge in [0.1, 0.15) is 5.82 Å². The van der Waals surface area contributed by atoms with E-state index in [1.54, 1.807) is 0 Å². The molecule has 7 heteroatoms. The van der Waals surface area contributed by atoms with Crippen molar-refractivity contribution in [2.24, 2.45) is 0 Å². The largest absolute Gasteiger partial charge is 0.392 e. The first-order valence-corrected chi connectivity index (χ1v) is 8.39. The number of sulfonamides is 1. The molecule has 1 saturated heterocycles. The van der Waals surface area contributed by atoms with E-state index in [2.05, 4.69) is 4.90 Å². The fraction of sp³-hybridized carbons (Fsp3) is 0.571. The smallest absolute Gasteiger partial charge is 0.243 e. The summed E-state index contributed by atoms with van der Waals surface area (Å²) >= 11 is 0. The molecule has 0 unspecified atom stereocenters. The van der Waals surface area contributed by atoms with Crippen LogP contribution in [0.4, 0.5) is 4.39 Å². The van der Waals surface area contributed by atoms with Crippen molar-refractivity contribution in [1.29, 1.82) is 0 Å². The zero-order chi connectivity index (χ0) is 15.6. The van der Waals surface area contributed by atoms with Gasteiger partial charge in [-0.15, -0.1) is 0 Å². The van der Waals surface area contributed by atoms with Gasteiger partial charge in [-0.2, -0.15) is 4.31 Å². The lowest BCUT2D eigenvalue weighted by molar-refractivity contribution is 0.280. The number of hydrogen-bond donors (Lipinski definition) is 1. The van der Waals surface area contributed by atoms with Gasteiger partial charge in [0.15, 0.2) is 0 Å². The third kappa shape index (κ3) is 3.42. The van der Waals surface area contributed by atoms with Crippen LogP contribution in [0.15, 0.2) is 17.0 Å². The molecule has 118 valence electrons. The van der Waals surface area contributed by atoms with Crippen LogP contribution in [0.25, 0.3) is 0 Å². The average molecular weight is 316 g/mol. The van der Waals surface area contributed by atoms with Gasteiger partial charge < -0.3 is 10.0 Å². The van der Waals surface area contributed by atoms with Crippen molar-refractivity contribution in [3.8, 4) is 0 Å². The number of halogens is 1. The first-order chi connectivity index (χ1) is 9.86. The maximum absolute atomic E-state index is 13.9. The predicted octanol–water partition coefficient (Wildman–Crippen LogP) is 0.953. The summed E-state index contributed by atoms with van der Waals surface area (Å²) in [7, 11) is -1.79. The Kier molecular flexibility index (Phi) is 4.98. The standard InChI is InChI=1S/C14H21FN2O3S/c1-11-13(15)8-12(10-18)9-14(11)21(19,20)17-5-3-4-16(2)6-7-17/h8-9,18H,3-7,10H2,1-2H3. The first-order valence-electron chi connectivity index (χ1n) is 6.95. The Bertz CT molecular complexity index is 619. The molecule has 1 aliphatic heterocycles. The molecule has 1 fully saturated rings. The van der Waals surface area contributed by atoms with Crippen molar-refractivity contribution >= 4 is 10.0 Å². The summed E-state index contributed by atoms with van der Waals surface area (Å²) in [6.45, 7) is 3.38. The monoisotopic (exact) mass is 316 g/mol. The second-order valence-corrected chi connectivity index (χ2v) is 7.33. The van der Waals surface area contributed by atoms with E-state index in [1.807, 2.05) is 7.05 Å². The van der Waals surface area contributed by atoms with E-state index in [4.69, 9.17) is 5.11 Å². The summed E-state index contributed by atoms with van der Waals surface area (Å²) in [5, 5.41) is 9.15. The lowest BCUT2D eigenvalue weighted by atomic mass is 10.1. The Morgan fingerprint density at radius 1 is 1.24 bits per heavy atom. The zero-order valence-electron chi connectivity index (χ0n) is 12.3. The Morgan fingerprint density at radius 2 is 1.95 bits per heavy atom. The maximum atomic E-state index is 13.9. The molecule has 0 saturated carbocycles. The molecule has 5 nitrogen and oxygen atoms in total. The van der Waals surface area contributed by atoms with E-state index in [-0.39, 0.29) is 22.6 Å². The minimum Gasteiger partial charge on any atom is -0.392 e. The van der Waals surface area contributed by atoms with Crippen LogP contribution in [0.3, 0.4) is 0 Å². The van der Waals surface area contributed by atoms with Gasteiger partial charge in [0.05, 0.1) is 11.5 Å². The van der Waals surface area contributed by atoms with E-state index in [9.17, 15) is 12.8 Å². The fourth-order valence-electron chi connectivity index (χ4n) is 2.47. The van der Waals surface area contributed by atoms with E-state index >= 15 is 0 Å². The van der Waals surface area contributed by atoms with E-state index in [0.717, 1.165) is 13.0 Å². The van der Waals surface area contributed by atoms with Crippen LogP contribution in [0.2, 0.25) is 0 Å². The van der Waals surface area contributed by atoms with Gasteiger partial charge in [0.25, 0.3) is 0 Å². The molecule has 0 radical (unpaired) electrons. The van der Waals surface area contributed by atoms with Crippen LogP contribution in [-0.4, -0.2) is 56.0 Å². The highest BCUT2D eigenvalue weighted by atomic mass is 32.2. The lowest BCUT2D eigenvalue weighted by Crippen LogP contribution is -2.35. The summed E-state index contributed by atoms with van der Waals surface area (Å²) in [4.78, 5) is 2.03. The lowest BCUT2D eigenvalue weighted by Gasteiger charge is -2.22. The van der Waals surface area contributed by atoms with Gasteiger partial charge in [-0.1, -0.05) is 0 Å². The van der Waals surface area contributed by atoms with Gasteiger partial charge in [0.2, 0.25) is 10.0 Å². The second kappa shape index (κ2) is 6.39. The van der Waals surface area contributed by atoms with Crippen LogP contribution < -0.4 is 0 Å². The van der Waals surface area contributed by atoms with Crippen molar-refractivity contribution in [1.82, 2.24) is 9.21 Å². The van der Waals surface area contributed by atoms with E-state index < -0.39 is 15.8 Å². The van der Waals surface area contributed by atoms with Gasteiger partial charge in [-0.3, -0.25) is 0 Å². The molecular formula is C14H21FN2O3S. The first kappa shape index (κ1) is 16.4. The molecule has 0 aliphatic carbocycles. The average Bonchev–Trinajstić information content (AvgIpc) is 2.66. The molecule has 0 atom stereocenters. The number of hydrogen-bond acceptors (Lipinski definition) is 4. The summed E-state index contributed by atoms with van der Waals surface area (Å²) in [6, 6.07) is 2.53. The molecule has 1 heterocycles. The highest BCUT2D eigenvalue weighted by molar-refractivity contribution is 7.89. The Labute approximate surface area is 125 Å². The molecule has 1 aromatic rings. The summed E-state index contributed by atoms with van der Waals surface area (Å²) in [5.41, 5.74) is 0.369. The molecule has 0 bridgehead atoms. The van der Waals surface area contributed by atoms with Gasteiger partial charge in [0, 0.05) is 25.2 Å². The number of nitrogens with zero attached hydrogens (tertiary/aromatic N) is 2.